The van der Waals surface area contributed by atoms with Gasteiger partial charge in [0, 0.05) is 19.4 Å². The lowest BCUT2D eigenvalue weighted by Gasteiger charge is -2.01. The number of rotatable bonds is 7. The Kier molecular flexibility index (Phi) is 5.67. The van der Waals surface area contributed by atoms with Gasteiger partial charge in [-0.15, -0.1) is 10.2 Å². The van der Waals surface area contributed by atoms with Crippen LogP contribution in [0.15, 0.2) is 5.16 Å². The SMILES string of the molecule is Cn1c(CN)nnc1SCCCCCO. The summed E-state index contributed by atoms with van der Waals surface area (Å²) >= 11 is 1.69. The van der Waals surface area contributed by atoms with Crippen molar-refractivity contribution < 1.29 is 5.11 Å². The van der Waals surface area contributed by atoms with Crippen LogP contribution < -0.4 is 5.73 Å². The average molecular weight is 230 g/mol. The fourth-order valence-corrected chi connectivity index (χ4v) is 2.13. The van der Waals surface area contributed by atoms with E-state index in [-0.39, 0.29) is 6.61 Å². The van der Waals surface area contributed by atoms with Gasteiger partial charge in [-0.05, 0) is 12.8 Å². The molecule has 6 heteroatoms. The molecule has 15 heavy (non-hydrogen) atoms. The summed E-state index contributed by atoms with van der Waals surface area (Å²) in [6, 6.07) is 0. The van der Waals surface area contributed by atoms with Crippen LogP contribution in [0.25, 0.3) is 0 Å². The molecular weight excluding hydrogens is 212 g/mol. The van der Waals surface area contributed by atoms with Gasteiger partial charge in [0.05, 0.1) is 6.54 Å². The summed E-state index contributed by atoms with van der Waals surface area (Å²) in [5, 5.41) is 17.6. The van der Waals surface area contributed by atoms with E-state index in [9.17, 15) is 0 Å². The third kappa shape index (κ3) is 3.81. The van der Waals surface area contributed by atoms with Crippen LogP contribution in [0, 0.1) is 0 Å². The zero-order valence-corrected chi connectivity index (χ0v) is 9.83. The van der Waals surface area contributed by atoms with Crippen LogP contribution in [0.3, 0.4) is 0 Å². The van der Waals surface area contributed by atoms with Crippen LogP contribution >= 0.6 is 11.8 Å². The summed E-state index contributed by atoms with van der Waals surface area (Å²) in [6.07, 6.45) is 3.04. The van der Waals surface area contributed by atoms with Crippen LogP contribution in [0.2, 0.25) is 0 Å². The van der Waals surface area contributed by atoms with Crippen molar-refractivity contribution >= 4 is 11.8 Å². The molecule has 1 heterocycles. The van der Waals surface area contributed by atoms with E-state index in [4.69, 9.17) is 10.8 Å². The van der Waals surface area contributed by atoms with Crippen molar-refractivity contribution in [1.29, 1.82) is 0 Å². The van der Waals surface area contributed by atoms with E-state index < -0.39 is 0 Å². The molecule has 1 aromatic rings. The zero-order valence-electron chi connectivity index (χ0n) is 9.02. The standard InChI is InChI=1S/C9H18N4OS/c1-13-8(7-10)11-12-9(13)15-6-4-2-3-5-14/h14H,2-7,10H2,1H3. The highest BCUT2D eigenvalue weighted by molar-refractivity contribution is 7.99. The Morgan fingerprint density at radius 2 is 2.13 bits per heavy atom. The maximum Gasteiger partial charge on any atom is 0.190 e. The van der Waals surface area contributed by atoms with Crippen LogP contribution in [-0.2, 0) is 13.6 Å². The molecule has 3 N–H and O–H groups in total. The van der Waals surface area contributed by atoms with Gasteiger partial charge in [0.25, 0.3) is 0 Å². The second kappa shape index (κ2) is 6.81. The number of hydrogen-bond acceptors (Lipinski definition) is 5. The van der Waals surface area contributed by atoms with E-state index in [2.05, 4.69) is 10.2 Å². The van der Waals surface area contributed by atoms with Gasteiger partial charge >= 0.3 is 0 Å². The number of hydrogen-bond donors (Lipinski definition) is 2. The van der Waals surface area contributed by atoms with Crippen molar-refractivity contribution in [3.05, 3.63) is 5.82 Å². The Labute approximate surface area is 94.1 Å². The smallest absolute Gasteiger partial charge is 0.190 e. The molecule has 1 aromatic heterocycles. The first-order valence-electron chi connectivity index (χ1n) is 5.11. The fraction of sp³-hybridized carbons (Fsp3) is 0.778. The van der Waals surface area contributed by atoms with Crippen molar-refractivity contribution in [3.8, 4) is 0 Å². The van der Waals surface area contributed by atoms with Crippen LogP contribution in [0.4, 0.5) is 0 Å². The number of thioether (sulfide) groups is 1. The molecule has 0 bridgehead atoms. The van der Waals surface area contributed by atoms with Crippen molar-refractivity contribution in [2.45, 2.75) is 31.0 Å². The van der Waals surface area contributed by atoms with Gasteiger partial charge in [0.1, 0.15) is 5.82 Å². The van der Waals surface area contributed by atoms with E-state index in [0.29, 0.717) is 6.54 Å². The van der Waals surface area contributed by atoms with Crippen molar-refractivity contribution in [3.63, 3.8) is 0 Å². The molecule has 0 aromatic carbocycles. The van der Waals surface area contributed by atoms with Crippen LogP contribution in [0.1, 0.15) is 25.1 Å². The highest BCUT2D eigenvalue weighted by Crippen LogP contribution is 2.17. The molecular formula is C9H18N4OS. The van der Waals surface area contributed by atoms with E-state index >= 15 is 0 Å². The summed E-state index contributed by atoms with van der Waals surface area (Å²) in [7, 11) is 1.93. The highest BCUT2D eigenvalue weighted by Gasteiger charge is 2.06. The summed E-state index contributed by atoms with van der Waals surface area (Å²) in [5.74, 6) is 1.82. The van der Waals surface area contributed by atoms with Gasteiger partial charge in [0.2, 0.25) is 0 Å². The first kappa shape index (κ1) is 12.5. The minimum atomic E-state index is 0.284. The van der Waals surface area contributed by atoms with Gasteiger partial charge < -0.3 is 15.4 Å². The Bertz CT molecular complexity index is 290. The Morgan fingerprint density at radius 1 is 1.33 bits per heavy atom. The Hall–Kier alpha value is -0.590. The molecule has 0 atom stereocenters. The minimum Gasteiger partial charge on any atom is -0.396 e. The maximum absolute atomic E-state index is 8.61. The molecule has 0 saturated carbocycles. The first-order chi connectivity index (χ1) is 7.29. The normalized spacial score (nSPS) is 10.9. The third-order valence-corrected chi connectivity index (χ3v) is 3.25. The Morgan fingerprint density at radius 3 is 2.73 bits per heavy atom. The highest BCUT2D eigenvalue weighted by atomic mass is 32.2. The summed E-state index contributed by atoms with van der Waals surface area (Å²) in [6.45, 7) is 0.709. The maximum atomic E-state index is 8.61. The first-order valence-corrected chi connectivity index (χ1v) is 6.10. The zero-order chi connectivity index (χ0) is 11.1. The summed E-state index contributed by atoms with van der Waals surface area (Å²) in [5.41, 5.74) is 5.50. The van der Waals surface area contributed by atoms with Gasteiger partial charge in [-0.3, -0.25) is 0 Å². The number of aliphatic hydroxyl groups is 1. The quantitative estimate of drug-likeness (QED) is 0.528. The molecule has 0 amide bonds. The second-order valence-corrected chi connectivity index (χ2v) is 4.36. The second-order valence-electron chi connectivity index (χ2n) is 3.29. The minimum absolute atomic E-state index is 0.284. The van der Waals surface area contributed by atoms with Gasteiger partial charge in [-0.1, -0.05) is 18.2 Å². The number of aromatic nitrogens is 3. The average Bonchev–Trinajstić information content (AvgIpc) is 2.60. The van der Waals surface area contributed by atoms with Crippen molar-refractivity contribution in [1.82, 2.24) is 14.8 Å². The summed E-state index contributed by atoms with van der Waals surface area (Å²) in [4.78, 5) is 0. The van der Waals surface area contributed by atoms with E-state index in [1.807, 2.05) is 11.6 Å². The van der Waals surface area contributed by atoms with Gasteiger partial charge in [-0.25, -0.2) is 0 Å². The third-order valence-electron chi connectivity index (χ3n) is 2.14. The molecule has 0 saturated heterocycles. The van der Waals surface area contributed by atoms with Crippen molar-refractivity contribution in [2.24, 2.45) is 12.8 Å². The molecule has 0 spiro atoms. The lowest BCUT2D eigenvalue weighted by molar-refractivity contribution is 0.284. The molecule has 5 nitrogen and oxygen atoms in total. The lowest BCUT2D eigenvalue weighted by Crippen LogP contribution is -2.05. The van der Waals surface area contributed by atoms with Gasteiger partial charge in [0.15, 0.2) is 5.16 Å². The van der Waals surface area contributed by atoms with Crippen LogP contribution in [-0.4, -0.2) is 32.2 Å². The topological polar surface area (TPSA) is 77.0 Å². The molecule has 0 aliphatic heterocycles. The summed E-state index contributed by atoms with van der Waals surface area (Å²) < 4.78 is 1.93. The number of unbranched alkanes of at least 4 members (excludes halogenated alkanes) is 2. The fourth-order valence-electron chi connectivity index (χ4n) is 1.20. The predicted molar refractivity (Wildman–Crippen MR) is 60.6 cm³/mol. The molecule has 0 aliphatic rings. The van der Waals surface area contributed by atoms with Crippen molar-refractivity contribution in [2.75, 3.05) is 12.4 Å². The number of nitrogens with two attached hydrogens (primary N) is 1. The number of nitrogens with zero attached hydrogens (tertiary/aromatic N) is 3. The lowest BCUT2D eigenvalue weighted by atomic mass is 10.3. The largest absolute Gasteiger partial charge is 0.396 e. The van der Waals surface area contributed by atoms with E-state index in [0.717, 1.165) is 36.0 Å². The molecule has 86 valence electrons. The van der Waals surface area contributed by atoms with Crippen LogP contribution in [0.5, 0.6) is 0 Å². The molecule has 1 rings (SSSR count). The molecule has 0 fully saturated rings. The van der Waals surface area contributed by atoms with Gasteiger partial charge in [-0.2, -0.15) is 0 Å². The Balaban J connectivity index is 2.28. The molecule has 0 aliphatic carbocycles. The molecule has 0 unspecified atom stereocenters. The van der Waals surface area contributed by atoms with E-state index in [1.165, 1.54) is 0 Å². The predicted octanol–water partition coefficient (Wildman–Crippen LogP) is 0.528. The molecule has 0 radical (unpaired) electrons. The van der Waals surface area contributed by atoms with E-state index in [1.54, 1.807) is 11.8 Å². The monoisotopic (exact) mass is 230 g/mol. The number of aliphatic hydroxyl groups excluding tert-OH is 1.